The summed E-state index contributed by atoms with van der Waals surface area (Å²) in [5.41, 5.74) is 1.72. The number of hydrogen-bond donors (Lipinski definition) is 1. The Hall–Kier alpha value is -1.09. The van der Waals surface area contributed by atoms with Crippen LogP contribution >= 0.6 is 0 Å². The minimum atomic E-state index is -0.164. The molecule has 1 atom stereocenters. The maximum absolute atomic E-state index is 13.4. The second-order valence-corrected chi connectivity index (χ2v) is 3.61. The van der Waals surface area contributed by atoms with Gasteiger partial charge in [0.15, 0.2) is 0 Å². The highest BCUT2D eigenvalue weighted by Gasteiger charge is 2.19. The molecule has 0 aliphatic carbocycles. The van der Waals surface area contributed by atoms with Gasteiger partial charge in [-0.1, -0.05) is 12.1 Å². The fourth-order valence-corrected chi connectivity index (χ4v) is 1.87. The van der Waals surface area contributed by atoms with Crippen molar-refractivity contribution in [3.05, 3.63) is 29.6 Å². The number of nitrogens with one attached hydrogen (secondary N) is 1. The fourth-order valence-electron chi connectivity index (χ4n) is 1.87. The number of hydrogen-bond acceptors (Lipinski definition) is 2. The van der Waals surface area contributed by atoms with E-state index in [0.29, 0.717) is 12.3 Å². The van der Waals surface area contributed by atoms with Gasteiger partial charge in [0.2, 0.25) is 0 Å². The van der Waals surface area contributed by atoms with E-state index in [1.54, 1.807) is 13.2 Å². The minimum absolute atomic E-state index is 0.164. The zero-order chi connectivity index (χ0) is 9.97. The second-order valence-electron chi connectivity index (χ2n) is 3.61. The maximum Gasteiger partial charge on any atom is 0.146 e. The molecular formula is C11H14FNO. The lowest BCUT2D eigenvalue weighted by atomic mass is 9.98. The first-order valence-electron chi connectivity index (χ1n) is 4.84. The van der Waals surface area contributed by atoms with Gasteiger partial charge < -0.3 is 10.1 Å². The zero-order valence-corrected chi connectivity index (χ0v) is 8.22. The van der Waals surface area contributed by atoms with E-state index in [1.807, 2.05) is 6.07 Å². The first-order valence-corrected chi connectivity index (χ1v) is 4.84. The van der Waals surface area contributed by atoms with Gasteiger partial charge in [0.25, 0.3) is 0 Å². The van der Waals surface area contributed by atoms with Crippen LogP contribution in [0.15, 0.2) is 18.2 Å². The molecular weight excluding hydrogens is 181 g/mol. The van der Waals surface area contributed by atoms with Crippen LogP contribution in [0.25, 0.3) is 0 Å². The highest BCUT2D eigenvalue weighted by molar-refractivity contribution is 5.55. The predicted octanol–water partition coefficient (Wildman–Crippen LogP) is 2.20. The molecule has 2 rings (SSSR count). The van der Waals surface area contributed by atoms with Crippen molar-refractivity contribution in [1.29, 1.82) is 0 Å². The average Bonchev–Trinajstić information content (AvgIpc) is 2.20. The van der Waals surface area contributed by atoms with Crippen molar-refractivity contribution in [3.8, 4) is 0 Å². The molecule has 3 heteroatoms. The van der Waals surface area contributed by atoms with Gasteiger partial charge in [-0.15, -0.1) is 0 Å². The second kappa shape index (κ2) is 3.96. The van der Waals surface area contributed by atoms with Crippen LogP contribution in [-0.4, -0.2) is 19.8 Å². The first kappa shape index (κ1) is 9.46. The van der Waals surface area contributed by atoms with E-state index in [9.17, 15) is 4.39 Å². The monoisotopic (exact) mass is 195 g/mol. The number of methoxy groups -OCH3 is 1. The lowest BCUT2D eigenvalue weighted by Crippen LogP contribution is -2.30. The van der Waals surface area contributed by atoms with E-state index in [4.69, 9.17) is 4.74 Å². The molecule has 1 aliphatic heterocycles. The highest BCUT2D eigenvalue weighted by atomic mass is 19.1. The summed E-state index contributed by atoms with van der Waals surface area (Å²) >= 11 is 0. The number of para-hydroxylation sites is 1. The average molecular weight is 195 g/mol. The molecule has 14 heavy (non-hydrogen) atoms. The molecule has 0 spiro atoms. The van der Waals surface area contributed by atoms with Gasteiger partial charge in [0.05, 0.1) is 12.3 Å². The van der Waals surface area contributed by atoms with E-state index >= 15 is 0 Å². The Morgan fingerprint density at radius 3 is 3.21 bits per heavy atom. The van der Waals surface area contributed by atoms with Crippen molar-refractivity contribution >= 4 is 5.69 Å². The van der Waals surface area contributed by atoms with Crippen LogP contribution in [0.3, 0.4) is 0 Å². The Labute approximate surface area is 83.1 Å². The van der Waals surface area contributed by atoms with E-state index in [1.165, 1.54) is 6.07 Å². The van der Waals surface area contributed by atoms with Crippen LogP contribution in [0.5, 0.6) is 0 Å². The largest absolute Gasteiger partial charge is 0.383 e. The third-order valence-corrected chi connectivity index (χ3v) is 2.58. The summed E-state index contributed by atoms with van der Waals surface area (Å²) in [7, 11) is 1.67. The number of benzene rings is 1. The van der Waals surface area contributed by atoms with Crippen LogP contribution in [0.1, 0.15) is 12.0 Å². The third kappa shape index (κ3) is 1.73. The van der Waals surface area contributed by atoms with Crippen LogP contribution in [-0.2, 0) is 11.2 Å². The van der Waals surface area contributed by atoms with Crippen LogP contribution < -0.4 is 5.32 Å². The fraction of sp³-hybridized carbons (Fsp3) is 0.455. The highest BCUT2D eigenvalue weighted by Crippen LogP contribution is 2.27. The summed E-state index contributed by atoms with van der Waals surface area (Å²) in [6.07, 6.45) is 1.93. The molecule has 1 aromatic carbocycles. The Morgan fingerprint density at radius 2 is 2.43 bits per heavy atom. The number of fused-ring (bicyclic) bond motifs is 1. The summed E-state index contributed by atoms with van der Waals surface area (Å²) in [5, 5.41) is 3.17. The van der Waals surface area contributed by atoms with Crippen molar-refractivity contribution in [2.75, 3.05) is 19.0 Å². The molecule has 76 valence electrons. The first-order chi connectivity index (χ1) is 6.81. The van der Waals surface area contributed by atoms with Crippen LogP contribution in [0, 0.1) is 5.82 Å². The molecule has 1 aromatic rings. The molecule has 0 amide bonds. The van der Waals surface area contributed by atoms with Gasteiger partial charge in [0, 0.05) is 13.2 Å². The Kier molecular flexibility index (Phi) is 2.68. The molecule has 0 fully saturated rings. The molecule has 1 heterocycles. The van der Waals surface area contributed by atoms with Crippen molar-refractivity contribution < 1.29 is 9.13 Å². The molecule has 0 saturated heterocycles. The number of aryl methyl sites for hydroxylation is 1. The summed E-state index contributed by atoms with van der Waals surface area (Å²) in [4.78, 5) is 0. The smallest absolute Gasteiger partial charge is 0.146 e. The van der Waals surface area contributed by atoms with Gasteiger partial charge in [-0.2, -0.15) is 0 Å². The van der Waals surface area contributed by atoms with E-state index in [0.717, 1.165) is 18.4 Å². The molecule has 0 saturated carbocycles. The summed E-state index contributed by atoms with van der Waals surface area (Å²) < 4.78 is 18.4. The standard InChI is InChI=1S/C11H14FNO/c1-14-7-9-6-5-8-3-2-4-10(12)11(8)13-9/h2-4,9,13H,5-7H2,1H3. The normalized spacial score (nSPS) is 20.0. The van der Waals surface area contributed by atoms with E-state index in [-0.39, 0.29) is 11.9 Å². The maximum atomic E-state index is 13.4. The molecule has 0 aromatic heterocycles. The van der Waals surface area contributed by atoms with Crippen LogP contribution in [0.4, 0.5) is 10.1 Å². The SMILES string of the molecule is COCC1CCc2cccc(F)c2N1. The van der Waals surface area contributed by atoms with E-state index in [2.05, 4.69) is 5.32 Å². The summed E-state index contributed by atoms with van der Waals surface area (Å²) in [5.74, 6) is -0.164. The number of ether oxygens (including phenoxy) is 1. The number of halogens is 1. The van der Waals surface area contributed by atoms with Crippen molar-refractivity contribution in [2.24, 2.45) is 0 Å². The van der Waals surface area contributed by atoms with Gasteiger partial charge in [-0.25, -0.2) is 4.39 Å². The summed E-state index contributed by atoms with van der Waals surface area (Å²) in [6, 6.07) is 5.45. The zero-order valence-electron chi connectivity index (χ0n) is 8.22. The Balaban J connectivity index is 2.20. The topological polar surface area (TPSA) is 21.3 Å². The van der Waals surface area contributed by atoms with Gasteiger partial charge in [-0.3, -0.25) is 0 Å². The third-order valence-electron chi connectivity index (χ3n) is 2.58. The lowest BCUT2D eigenvalue weighted by molar-refractivity contribution is 0.181. The lowest BCUT2D eigenvalue weighted by Gasteiger charge is -2.26. The molecule has 2 nitrogen and oxygen atoms in total. The number of anilines is 1. The molecule has 0 radical (unpaired) electrons. The quantitative estimate of drug-likeness (QED) is 0.781. The Morgan fingerprint density at radius 1 is 1.57 bits per heavy atom. The molecule has 1 aliphatic rings. The van der Waals surface area contributed by atoms with Crippen molar-refractivity contribution in [1.82, 2.24) is 0 Å². The molecule has 0 bridgehead atoms. The Bertz CT molecular complexity index is 327. The van der Waals surface area contributed by atoms with Crippen molar-refractivity contribution in [3.63, 3.8) is 0 Å². The number of rotatable bonds is 2. The van der Waals surface area contributed by atoms with Crippen molar-refractivity contribution in [2.45, 2.75) is 18.9 Å². The summed E-state index contributed by atoms with van der Waals surface area (Å²) in [6.45, 7) is 0.633. The minimum Gasteiger partial charge on any atom is -0.383 e. The van der Waals surface area contributed by atoms with Gasteiger partial charge in [0.1, 0.15) is 5.82 Å². The molecule has 1 N–H and O–H groups in total. The predicted molar refractivity (Wildman–Crippen MR) is 54.0 cm³/mol. The van der Waals surface area contributed by atoms with Gasteiger partial charge >= 0.3 is 0 Å². The van der Waals surface area contributed by atoms with Crippen LogP contribution in [0.2, 0.25) is 0 Å². The molecule has 1 unspecified atom stereocenters. The van der Waals surface area contributed by atoms with Gasteiger partial charge in [-0.05, 0) is 24.5 Å². The van der Waals surface area contributed by atoms with E-state index < -0.39 is 0 Å².